The Kier molecular flexibility index (Phi) is 2.27. The zero-order valence-corrected chi connectivity index (χ0v) is 8.74. The molecule has 80 valence electrons. The van der Waals surface area contributed by atoms with Gasteiger partial charge in [0.05, 0.1) is 0 Å². The number of piperazine rings is 1. The molecule has 0 spiro atoms. The Hall–Kier alpha value is -1.70. The van der Waals surface area contributed by atoms with Gasteiger partial charge < -0.3 is 10.6 Å². The van der Waals surface area contributed by atoms with E-state index < -0.39 is 6.04 Å². The predicted octanol–water partition coefficient (Wildman–Crippen LogP) is -1.03. The number of hydrogen-bond acceptors (Lipinski definition) is 7. The van der Waals surface area contributed by atoms with Crippen molar-refractivity contribution in [2.24, 2.45) is 0 Å². The molecule has 1 fully saturated rings. The minimum atomic E-state index is -0.435. The maximum Gasteiger partial charge on any atom is 0.249 e. The molecular weight excluding hydrogens is 218 g/mol. The van der Waals surface area contributed by atoms with Crippen LogP contribution in [0.4, 0.5) is 11.1 Å². The Balaban J connectivity index is 2.27. The van der Waals surface area contributed by atoms with Crippen molar-refractivity contribution in [1.29, 1.82) is 0 Å². The number of imide groups is 1. The van der Waals surface area contributed by atoms with Crippen molar-refractivity contribution >= 4 is 34.4 Å². The lowest BCUT2D eigenvalue weighted by molar-refractivity contribution is -0.132. The first-order valence-corrected chi connectivity index (χ1v) is 5.05. The first kappa shape index (κ1) is 9.84. The molecule has 3 N–H and O–H groups in total. The molecule has 1 saturated heterocycles. The summed E-state index contributed by atoms with van der Waals surface area (Å²) in [4.78, 5) is 28.0. The first-order valence-electron chi connectivity index (χ1n) is 4.27. The van der Waals surface area contributed by atoms with Crippen molar-refractivity contribution in [3.63, 3.8) is 0 Å². The largest absolute Gasteiger partial charge is 0.367 e. The van der Waals surface area contributed by atoms with Crippen LogP contribution in [0.15, 0.2) is 0 Å². The maximum atomic E-state index is 11.3. The van der Waals surface area contributed by atoms with Crippen molar-refractivity contribution in [3.8, 4) is 0 Å². The van der Waals surface area contributed by atoms with Gasteiger partial charge in [0.15, 0.2) is 0 Å². The van der Waals surface area contributed by atoms with Crippen LogP contribution in [0.3, 0.4) is 0 Å². The summed E-state index contributed by atoms with van der Waals surface area (Å²) in [5.74, 6) is -0.521. The maximum absolute atomic E-state index is 11.3. The number of carbonyl (C=O) groups excluding carboxylic acids is 2. The highest BCUT2D eigenvalue weighted by atomic mass is 32.1. The standard InChI is InChI=1S/C7H9N5O2S/c1-3-5(14)9-4(13)2-12(3)7-10-6(8)11-15-7/h3H,2H2,1H3,(H2,8,11)(H,9,13,14). The summed E-state index contributed by atoms with van der Waals surface area (Å²) in [6.45, 7) is 1.79. The van der Waals surface area contributed by atoms with Gasteiger partial charge in [0.2, 0.25) is 22.9 Å². The second-order valence-electron chi connectivity index (χ2n) is 3.15. The lowest BCUT2D eigenvalue weighted by atomic mass is 10.2. The highest BCUT2D eigenvalue weighted by Crippen LogP contribution is 2.21. The lowest BCUT2D eigenvalue weighted by Gasteiger charge is -2.30. The summed E-state index contributed by atoms with van der Waals surface area (Å²) in [6, 6.07) is -0.435. The third-order valence-electron chi connectivity index (χ3n) is 2.10. The van der Waals surface area contributed by atoms with E-state index in [2.05, 4.69) is 14.7 Å². The monoisotopic (exact) mass is 227 g/mol. The molecule has 7 nitrogen and oxygen atoms in total. The smallest absolute Gasteiger partial charge is 0.249 e. The van der Waals surface area contributed by atoms with Crippen molar-refractivity contribution in [1.82, 2.24) is 14.7 Å². The van der Waals surface area contributed by atoms with E-state index in [4.69, 9.17) is 5.73 Å². The van der Waals surface area contributed by atoms with Crippen LogP contribution >= 0.6 is 11.5 Å². The number of nitrogens with two attached hydrogens (primary N) is 1. The topological polar surface area (TPSA) is 101 Å². The highest BCUT2D eigenvalue weighted by molar-refractivity contribution is 7.10. The van der Waals surface area contributed by atoms with Crippen LogP contribution < -0.4 is 16.0 Å². The molecule has 1 aliphatic rings. The van der Waals surface area contributed by atoms with Gasteiger partial charge in [-0.15, -0.1) is 0 Å². The van der Waals surface area contributed by atoms with Crippen LogP contribution in [-0.4, -0.2) is 33.8 Å². The second kappa shape index (κ2) is 3.46. The number of amides is 2. The third kappa shape index (κ3) is 1.75. The molecule has 1 atom stereocenters. The van der Waals surface area contributed by atoms with Gasteiger partial charge in [0, 0.05) is 11.5 Å². The Morgan fingerprint density at radius 2 is 2.33 bits per heavy atom. The SMILES string of the molecule is CC1C(=O)NC(=O)CN1c1nc(N)ns1. The lowest BCUT2D eigenvalue weighted by Crippen LogP contribution is -2.57. The van der Waals surface area contributed by atoms with Crippen LogP contribution in [0, 0.1) is 0 Å². The van der Waals surface area contributed by atoms with Gasteiger partial charge in [-0.05, 0) is 6.92 Å². The van der Waals surface area contributed by atoms with E-state index in [1.54, 1.807) is 11.8 Å². The summed E-state index contributed by atoms with van der Waals surface area (Å²) < 4.78 is 3.80. The molecule has 0 aromatic carbocycles. The highest BCUT2D eigenvalue weighted by Gasteiger charge is 2.32. The van der Waals surface area contributed by atoms with Gasteiger partial charge in [0.1, 0.15) is 12.6 Å². The Morgan fingerprint density at radius 3 is 2.93 bits per heavy atom. The van der Waals surface area contributed by atoms with Gasteiger partial charge in [0.25, 0.3) is 0 Å². The first-order chi connectivity index (χ1) is 7.08. The molecule has 1 unspecified atom stereocenters. The number of carbonyl (C=O) groups is 2. The van der Waals surface area contributed by atoms with Crippen molar-refractivity contribution in [2.45, 2.75) is 13.0 Å². The summed E-state index contributed by atoms with van der Waals surface area (Å²) in [6.07, 6.45) is 0. The van der Waals surface area contributed by atoms with E-state index in [0.717, 1.165) is 11.5 Å². The van der Waals surface area contributed by atoms with Gasteiger partial charge >= 0.3 is 0 Å². The molecule has 2 rings (SSSR count). The molecule has 2 amide bonds. The van der Waals surface area contributed by atoms with Gasteiger partial charge in [-0.2, -0.15) is 9.36 Å². The molecule has 2 heterocycles. The van der Waals surface area contributed by atoms with Crippen molar-refractivity contribution < 1.29 is 9.59 Å². The predicted molar refractivity (Wildman–Crippen MR) is 54.3 cm³/mol. The minimum Gasteiger partial charge on any atom is -0.367 e. The van der Waals surface area contributed by atoms with Crippen LogP contribution in [0.25, 0.3) is 0 Å². The number of nitrogen functional groups attached to an aromatic ring is 1. The quantitative estimate of drug-likeness (QED) is 0.595. The van der Waals surface area contributed by atoms with Crippen LogP contribution in [-0.2, 0) is 9.59 Å². The van der Waals surface area contributed by atoms with Gasteiger partial charge in [-0.1, -0.05) is 0 Å². The number of anilines is 2. The van der Waals surface area contributed by atoms with Crippen LogP contribution in [0.2, 0.25) is 0 Å². The number of rotatable bonds is 1. The average molecular weight is 227 g/mol. The average Bonchev–Trinajstić information content (AvgIpc) is 2.58. The molecular formula is C7H9N5O2S. The fourth-order valence-electron chi connectivity index (χ4n) is 1.29. The molecule has 1 aliphatic heterocycles. The second-order valence-corrected chi connectivity index (χ2v) is 3.88. The summed E-state index contributed by atoms with van der Waals surface area (Å²) in [5, 5.41) is 2.73. The third-order valence-corrected chi connectivity index (χ3v) is 2.87. The summed E-state index contributed by atoms with van der Waals surface area (Å²) >= 11 is 1.07. The Bertz CT molecular complexity index is 417. The van der Waals surface area contributed by atoms with E-state index in [1.165, 1.54) is 0 Å². The molecule has 8 heteroatoms. The van der Waals surface area contributed by atoms with Crippen molar-refractivity contribution in [2.75, 3.05) is 17.2 Å². The number of nitrogens with zero attached hydrogens (tertiary/aromatic N) is 3. The Labute approximate surface area is 89.4 Å². The van der Waals surface area contributed by atoms with Crippen LogP contribution in [0.5, 0.6) is 0 Å². The number of hydrogen-bond donors (Lipinski definition) is 2. The van der Waals surface area contributed by atoms with E-state index >= 15 is 0 Å². The van der Waals surface area contributed by atoms with Gasteiger partial charge in [-0.3, -0.25) is 14.9 Å². The Morgan fingerprint density at radius 1 is 1.60 bits per heavy atom. The van der Waals surface area contributed by atoms with Crippen molar-refractivity contribution in [3.05, 3.63) is 0 Å². The molecule has 0 radical (unpaired) electrons. The number of aromatic nitrogens is 2. The molecule has 15 heavy (non-hydrogen) atoms. The zero-order chi connectivity index (χ0) is 11.0. The molecule has 0 aliphatic carbocycles. The zero-order valence-electron chi connectivity index (χ0n) is 7.93. The fourth-order valence-corrected chi connectivity index (χ4v) is 1.97. The van der Waals surface area contributed by atoms with E-state index in [0.29, 0.717) is 5.13 Å². The summed E-state index contributed by atoms with van der Waals surface area (Å²) in [5.41, 5.74) is 5.38. The molecule has 1 aromatic rings. The van der Waals surface area contributed by atoms with E-state index in [-0.39, 0.29) is 24.3 Å². The molecule has 0 bridgehead atoms. The molecule has 0 saturated carbocycles. The normalized spacial score (nSPS) is 21.7. The van der Waals surface area contributed by atoms with Crippen LogP contribution in [0.1, 0.15) is 6.92 Å². The van der Waals surface area contributed by atoms with Gasteiger partial charge in [-0.25, -0.2) is 0 Å². The summed E-state index contributed by atoms with van der Waals surface area (Å²) in [7, 11) is 0. The minimum absolute atomic E-state index is 0.0987. The van der Waals surface area contributed by atoms with E-state index in [9.17, 15) is 9.59 Å². The van der Waals surface area contributed by atoms with E-state index in [1.807, 2.05) is 0 Å². The molecule has 1 aromatic heterocycles. The fraction of sp³-hybridized carbons (Fsp3) is 0.429. The number of nitrogens with one attached hydrogen (secondary N) is 1.